The lowest BCUT2D eigenvalue weighted by Gasteiger charge is -2.37. The number of carbonyl (C=O) groups is 1. The topological polar surface area (TPSA) is 44.8 Å². The predicted octanol–water partition coefficient (Wildman–Crippen LogP) is 1.96. The fraction of sp³-hybridized carbons (Fsp3) is 0.933. The number of rotatable bonds is 2. The number of nitrogens with one attached hydrogen (secondary N) is 1. The van der Waals surface area contributed by atoms with Crippen molar-refractivity contribution >= 4 is 18.5 Å². The predicted molar refractivity (Wildman–Crippen MR) is 87.1 cm³/mol. The average molecular weight is 320 g/mol. The van der Waals surface area contributed by atoms with Crippen LogP contribution in [0.4, 0.5) is 4.79 Å². The second kappa shape index (κ2) is 8.20. The highest BCUT2D eigenvalue weighted by Crippen LogP contribution is 2.20. The van der Waals surface area contributed by atoms with Gasteiger partial charge in [-0.3, -0.25) is 0 Å². The maximum atomic E-state index is 12.1. The number of nitrogens with zero attached hydrogens (tertiary/aromatic N) is 2. The van der Waals surface area contributed by atoms with E-state index in [9.17, 15) is 4.79 Å². The maximum Gasteiger partial charge on any atom is 0.410 e. The number of halogens is 1. The van der Waals surface area contributed by atoms with Crippen LogP contribution in [0.25, 0.3) is 0 Å². The Kier molecular flexibility index (Phi) is 7.24. The monoisotopic (exact) mass is 319 g/mol. The number of ether oxygens (including phenoxy) is 1. The number of piperazine rings is 1. The molecule has 124 valence electrons. The van der Waals surface area contributed by atoms with Gasteiger partial charge in [0.05, 0.1) is 0 Å². The van der Waals surface area contributed by atoms with Gasteiger partial charge in [0.1, 0.15) is 5.60 Å². The van der Waals surface area contributed by atoms with Crippen molar-refractivity contribution in [3.63, 3.8) is 0 Å². The van der Waals surface area contributed by atoms with E-state index in [1.807, 2.05) is 25.7 Å². The molecule has 0 radical (unpaired) electrons. The SMILES string of the molecule is CC(C)(C)OC(=O)N1CCCC(CN2CCNCC2)C1.Cl. The molecule has 0 aromatic rings. The summed E-state index contributed by atoms with van der Waals surface area (Å²) in [4.78, 5) is 16.5. The molecule has 2 rings (SSSR count). The normalized spacial score (nSPS) is 24.3. The third-order valence-electron chi connectivity index (χ3n) is 3.90. The van der Waals surface area contributed by atoms with E-state index in [0.29, 0.717) is 5.92 Å². The third kappa shape index (κ3) is 6.41. The van der Waals surface area contributed by atoms with Gasteiger partial charge < -0.3 is 19.9 Å². The van der Waals surface area contributed by atoms with Crippen molar-refractivity contribution < 1.29 is 9.53 Å². The second-order valence-electron chi connectivity index (χ2n) is 6.99. The molecule has 0 bridgehead atoms. The number of carbonyl (C=O) groups excluding carboxylic acids is 1. The van der Waals surface area contributed by atoms with Crippen LogP contribution in [0.5, 0.6) is 0 Å². The van der Waals surface area contributed by atoms with Gasteiger partial charge in [0.25, 0.3) is 0 Å². The van der Waals surface area contributed by atoms with Crippen molar-refractivity contribution in [2.45, 2.75) is 39.2 Å². The summed E-state index contributed by atoms with van der Waals surface area (Å²) in [6, 6.07) is 0. The summed E-state index contributed by atoms with van der Waals surface area (Å²) < 4.78 is 5.48. The molecule has 0 aromatic carbocycles. The summed E-state index contributed by atoms with van der Waals surface area (Å²) in [6.07, 6.45) is 2.17. The first-order valence-electron chi connectivity index (χ1n) is 7.85. The first kappa shape index (κ1) is 18.5. The molecule has 1 amide bonds. The zero-order valence-corrected chi connectivity index (χ0v) is 14.4. The van der Waals surface area contributed by atoms with Crippen LogP contribution < -0.4 is 5.32 Å². The molecule has 5 nitrogen and oxygen atoms in total. The zero-order chi connectivity index (χ0) is 14.6. The number of hydrogen-bond acceptors (Lipinski definition) is 4. The fourth-order valence-corrected chi connectivity index (χ4v) is 2.97. The molecule has 2 saturated heterocycles. The van der Waals surface area contributed by atoms with E-state index in [1.54, 1.807) is 0 Å². The molecular weight excluding hydrogens is 290 g/mol. The van der Waals surface area contributed by atoms with Crippen LogP contribution >= 0.6 is 12.4 Å². The molecule has 0 spiro atoms. The van der Waals surface area contributed by atoms with Crippen molar-refractivity contribution in [2.75, 3.05) is 45.8 Å². The van der Waals surface area contributed by atoms with Crippen molar-refractivity contribution in [2.24, 2.45) is 5.92 Å². The van der Waals surface area contributed by atoms with Crippen molar-refractivity contribution in [1.29, 1.82) is 0 Å². The van der Waals surface area contributed by atoms with E-state index in [1.165, 1.54) is 6.42 Å². The van der Waals surface area contributed by atoms with E-state index in [2.05, 4.69) is 10.2 Å². The number of hydrogen-bond donors (Lipinski definition) is 1. The van der Waals surface area contributed by atoms with E-state index < -0.39 is 5.60 Å². The zero-order valence-electron chi connectivity index (χ0n) is 13.6. The molecule has 1 N–H and O–H groups in total. The molecule has 0 aliphatic carbocycles. The Morgan fingerprint density at radius 3 is 2.52 bits per heavy atom. The van der Waals surface area contributed by atoms with Gasteiger partial charge in [0, 0.05) is 45.8 Å². The summed E-state index contributed by atoms with van der Waals surface area (Å²) in [6.45, 7) is 13.0. The van der Waals surface area contributed by atoms with Gasteiger partial charge >= 0.3 is 6.09 Å². The van der Waals surface area contributed by atoms with Crippen LogP contribution in [0.1, 0.15) is 33.6 Å². The Balaban J connectivity index is 0.00000220. The van der Waals surface area contributed by atoms with E-state index >= 15 is 0 Å². The van der Waals surface area contributed by atoms with Crippen LogP contribution in [-0.4, -0.2) is 67.3 Å². The highest BCUT2D eigenvalue weighted by molar-refractivity contribution is 5.85. The number of likely N-dealkylation sites (tertiary alicyclic amines) is 1. The minimum Gasteiger partial charge on any atom is -0.444 e. The van der Waals surface area contributed by atoms with E-state index in [4.69, 9.17) is 4.74 Å². The fourth-order valence-electron chi connectivity index (χ4n) is 2.97. The van der Waals surface area contributed by atoms with Gasteiger partial charge in [-0.15, -0.1) is 12.4 Å². The van der Waals surface area contributed by atoms with E-state index in [-0.39, 0.29) is 18.5 Å². The molecule has 1 atom stereocenters. The largest absolute Gasteiger partial charge is 0.444 e. The molecule has 2 aliphatic rings. The minimum atomic E-state index is -0.400. The van der Waals surface area contributed by atoms with Gasteiger partial charge in [-0.1, -0.05) is 0 Å². The van der Waals surface area contributed by atoms with Crippen LogP contribution in [0.15, 0.2) is 0 Å². The Hall–Kier alpha value is -0.520. The first-order valence-corrected chi connectivity index (χ1v) is 7.85. The van der Waals surface area contributed by atoms with Crippen LogP contribution in [0, 0.1) is 5.92 Å². The van der Waals surface area contributed by atoms with Crippen molar-refractivity contribution in [1.82, 2.24) is 15.1 Å². The Morgan fingerprint density at radius 2 is 1.90 bits per heavy atom. The van der Waals surface area contributed by atoms with Crippen molar-refractivity contribution in [3.05, 3.63) is 0 Å². The summed E-state index contributed by atoms with van der Waals surface area (Å²) in [7, 11) is 0. The summed E-state index contributed by atoms with van der Waals surface area (Å²) in [5.41, 5.74) is -0.400. The summed E-state index contributed by atoms with van der Waals surface area (Å²) in [5, 5.41) is 3.38. The number of amides is 1. The lowest BCUT2D eigenvalue weighted by molar-refractivity contribution is 0.0142. The highest BCUT2D eigenvalue weighted by Gasteiger charge is 2.28. The van der Waals surface area contributed by atoms with Crippen LogP contribution in [0.3, 0.4) is 0 Å². The highest BCUT2D eigenvalue weighted by atomic mass is 35.5. The Morgan fingerprint density at radius 1 is 1.24 bits per heavy atom. The lowest BCUT2D eigenvalue weighted by atomic mass is 9.97. The van der Waals surface area contributed by atoms with Gasteiger partial charge in [-0.05, 0) is 39.5 Å². The molecule has 1 unspecified atom stereocenters. The quantitative estimate of drug-likeness (QED) is 0.845. The summed E-state index contributed by atoms with van der Waals surface area (Å²) >= 11 is 0. The molecule has 2 heterocycles. The molecule has 2 fully saturated rings. The Bertz CT molecular complexity index is 327. The van der Waals surface area contributed by atoms with Crippen molar-refractivity contribution in [3.8, 4) is 0 Å². The summed E-state index contributed by atoms with van der Waals surface area (Å²) in [5.74, 6) is 0.592. The average Bonchev–Trinajstić information content (AvgIpc) is 2.38. The molecule has 21 heavy (non-hydrogen) atoms. The van der Waals surface area contributed by atoms with E-state index in [0.717, 1.165) is 52.2 Å². The molecule has 2 aliphatic heterocycles. The minimum absolute atomic E-state index is 0. The van der Waals surface area contributed by atoms with Crippen LogP contribution in [0.2, 0.25) is 0 Å². The maximum absolute atomic E-state index is 12.1. The molecule has 6 heteroatoms. The van der Waals surface area contributed by atoms with Gasteiger partial charge in [0.15, 0.2) is 0 Å². The Labute approximate surface area is 134 Å². The number of piperidine rings is 1. The third-order valence-corrected chi connectivity index (χ3v) is 3.90. The van der Waals surface area contributed by atoms with Crippen LogP contribution in [-0.2, 0) is 4.74 Å². The molecular formula is C15H30ClN3O2. The first-order chi connectivity index (χ1) is 9.44. The standard InChI is InChI=1S/C15H29N3O2.ClH/c1-15(2,3)20-14(19)18-8-4-5-13(12-18)11-17-9-6-16-7-10-17;/h13,16H,4-12H2,1-3H3;1H. The molecule has 0 aromatic heterocycles. The molecule has 0 saturated carbocycles. The van der Waals surface area contributed by atoms with Gasteiger partial charge in [0.2, 0.25) is 0 Å². The lowest BCUT2D eigenvalue weighted by Crippen LogP contribution is -2.49. The smallest absolute Gasteiger partial charge is 0.410 e. The second-order valence-corrected chi connectivity index (χ2v) is 6.99. The van der Waals surface area contributed by atoms with Gasteiger partial charge in [-0.25, -0.2) is 4.79 Å². The van der Waals surface area contributed by atoms with Gasteiger partial charge in [-0.2, -0.15) is 0 Å².